The highest BCUT2D eigenvalue weighted by atomic mass is 35.5. The molecule has 2 saturated heterocycles. The SMILES string of the molecule is CNC(=O)C1(N2CCCCC2=O)CCN(CC[C@H](CN(C)C(=O)c2cccc3ccccc23)c2ccc(Cl)c(Cl)c2)CC1. The van der Waals surface area contributed by atoms with Crippen molar-refractivity contribution in [3.63, 3.8) is 0 Å². The van der Waals surface area contributed by atoms with E-state index >= 15 is 0 Å². The van der Waals surface area contributed by atoms with E-state index in [1.807, 2.05) is 72.6 Å². The van der Waals surface area contributed by atoms with Crippen LogP contribution >= 0.6 is 23.2 Å². The summed E-state index contributed by atoms with van der Waals surface area (Å²) >= 11 is 12.7. The molecular formula is C34H40Cl2N4O3. The van der Waals surface area contributed by atoms with Crippen LogP contribution in [-0.4, -0.2) is 84.8 Å². The highest BCUT2D eigenvalue weighted by molar-refractivity contribution is 6.42. The number of carbonyl (C=O) groups excluding carboxylic acids is 3. The molecule has 0 aliphatic carbocycles. The topological polar surface area (TPSA) is 73.0 Å². The summed E-state index contributed by atoms with van der Waals surface area (Å²) in [4.78, 5) is 45.7. The van der Waals surface area contributed by atoms with E-state index in [4.69, 9.17) is 23.2 Å². The van der Waals surface area contributed by atoms with Crippen molar-refractivity contribution in [2.45, 2.75) is 50.0 Å². The molecule has 2 heterocycles. The quantitative estimate of drug-likeness (QED) is 0.318. The number of hydrogen-bond acceptors (Lipinski definition) is 4. The lowest BCUT2D eigenvalue weighted by Gasteiger charge is -2.48. The third-order valence-electron chi connectivity index (χ3n) is 9.24. The molecule has 3 aromatic rings. The van der Waals surface area contributed by atoms with E-state index in [9.17, 15) is 14.4 Å². The smallest absolute Gasteiger partial charge is 0.254 e. The highest BCUT2D eigenvalue weighted by Gasteiger charge is 2.48. The van der Waals surface area contributed by atoms with Crippen LogP contribution in [-0.2, 0) is 9.59 Å². The van der Waals surface area contributed by atoms with Gasteiger partial charge in [0, 0.05) is 58.2 Å². The van der Waals surface area contributed by atoms with Crippen molar-refractivity contribution in [3.05, 3.63) is 81.8 Å². The van der Waals surface area contributed by atoms with Crippen molar-refractivity contribution in [2.75, 3.05) is 46.8 Å². The maximum absolute atomic E-state index is 13.7. The Kier molecular flexibility index (Phi) is 9.95. The molecular weight excluding hydrogens is 583 g/mol. The van der Waals surface area contributed by atoms with Gasteiger partial charge >= 0.3 is 0 Å². The first-order valence-electron chi connectivity index (χ1n) is 15.2. The predicted molar refractivity (Wildman–Crippen MR) is 173 cm³/mol. The first-order valence-corrected chi connectivity index (χ1v) is 15.9. The fourth-order valence-corrected chi connectivity index (χ4v) is 7.06. The number of carbonyl (C=O) groups is 3. The lowest BCUT2D eigenvalue weighted by Crippen LogP contribution is -2.65. The largest absolute Gasteiger partial charge is 0.357 e. The number of nitrogens with one attached hydrogen (secondary N) is 1. The van der Waals surface area contributed by atoms with Crippen molar-refractivity contribution in [1.29, 1.82) is 0 Å². The number of likely N-dealkylation sites (tertiary alicyclic amines) is 2. The maximum Gasteiger partial charge on any atom is 0.254 e. The third kappa shape index (κ3) is 6.69. The Morgan fingerprint density at radius 2 is 1.72 bits per heavy atom. The molecule has 0 spiro atoms. The Hall–Kier alpha value is -3.13. The fraction of sp³-hybridized carbons (Fsp3) is 0.441. The summed E-state index contributed by atoms with van der Waals surface area (Å²) in [5.74, 6) is 0.0147. The molecule has 0 aromatic heterocycles. The van der Waals surface area contributed by atoms with E-state index in [2.05, 4.69) is 10.2 Å². The molecule has 0 unspecified atom stereocenters. The molecule has 3 aromatic carbocycles. The molecule has 43 heavy (non-hydrogen) atoms. The van der Waals surface area contributed by atoms with Gasteiger partial charge in [0.25, 0.3) is 5.91 Å². The summed E-state index contributed by atoms with van der Waals surface area (Å²) in [6, 6.07) is 19.5. The summed E-state index contributed by atoms with van der Waals surface area (Å²) in [5.41, 5.74) is 0.932. The number of halogens is 2. The van der Waals surface area contributed by atoms with Crippen molar-refractivity contribution >= 4 is 51.7 Å². The Bertz CT molecular complexity index is 1480. The lowest BCUT2D eigenvalue weighted by molar-refractivity contribution is -0.153. The molecule has 9 heteroatoms. The van der Waals surface area contributed by atoms with Gasteiger partial charge in [0.1, 0.15) is 5.54 Å². The maximum atomic E-state index is 13.7. The molecule has 2 aliphatic heterocycles. The molecule has 0 bridgehead atoms. The van der Waals surface area contributed by atoms with Crippen LogP contribution in [0.4, 0.5) is 0 Å². The van der Waals surface area contributed by atoms with Crippen LogP contribution in [0.1, 0.15) is 60.4 Å². The standard InChI is InChI=1S/C34H40Cl2N4O3/c1-37-33(43)34(40-18-6-5-12-31(40)41)16-20-39(21-17-34)19-15-26(25-13-14-29(35)30(36)22-25)23-38(2)32(42)28-11-7-9-24-8-3-4-10-27(24)28/h3-4,7-11,13-14,22,26H,5-6,12,15-21,23H2,1-2H3,(H,37,43)/t26-/m1/s1. The van der Waals surface area contributed by atoms with E-state index in [0.29, 0.717) is 48.0 Å². The molecule has 5 rings (SSSR count). The van der Waals surface area contributed by atoms with Gasteiger partial charge in [0.15, 0.2) is 0 Å². The Morgan fingerprint density at radius 3 is 2.44 bits per heavy atom. The van der Waals surface area contributed by atoms with E-state index in [0.717, 1.165) is 55.2 Å². The van der Waals surface area contributed by atoms with Gasteiger partial charge in [0.05, 0.1) is 10.0 Å². The Morgan fingerprint density at radius 1 is 0.977 bits per heavy atom. The minimum absolute atomic E-state index is 0.0213. The number of nitrogens with zero attached hydrogens (tertiary/aromatic N) is 3. The minimum Gasteiger partial charge on any atom is -0.357 e. The Balaban J connectivity index is 1.30. The number of likely N-dealkylation sites (N-methyl/N-ethyl adjacent to an activating group) is 2. The van der Waals surface area contributed by atoms with Crippen LogP contribution in [0.3, 0.4) is 0 Å². The van der Waals surface area contributed by atoms with Crippen LogP contribution < -0.4 is 5.32 Å². The lowest BCUT2D eigenvalue weighted by atomic mass is 9.82. The molecule has 0 saturated carbocycles. The van der Waals surface area contributed by atoms with Gasteiger partial charge in [-0.1, -0.05) is 65.7 Å². The molecule has 1 atom stereocenters. The van der Waals surface area contributed by atoms with E-state index in [1.54, 1.807) is 11.9 Å². The minimum atomic E-state index is -0.781. The van der Waals surface area contributed by atoms with E-state index in [-0.39, 0.29) is 23.6 Å². The number of rotatable bonds is 9. The molecule has 3 amide bonds. The number of hydrogen-bond donors (Lipinski definition) is 1. The van der Waals surface area contributed by atoms with Gasteiger partial charge in [-0.25, -0.2) is 0 Å². The molecule has 2 fully saturated rings. The molecule has 0 radical (unpaired) electrons. The van der Waals surface area contributed by atoms with Crippen molar-refractivity contribution in [1.82, 2.24) is 20.0 Å². The van der Waals surface area contributed by atoms with Crippen LogP contribution in [0.2, 0.25) is 10.0 Å². The highest BCUT2D eigenvalue weighted by Crippen LogP contribution is 2.34. The van der Waals surface area contributed by atoms with E-state index in [1.165, 1.54) is 0 Å². The van der Waals surface area contributed by atoms with Crippen LogP contribution in [0.15, 0.2) is 60.7 Å². The van der Waals surface area contributed by atoms with Crippen LogP contribution in [0, 0.1) is 0 Å². The molecule has 7 nitrogen and oxygen atoms in total. The number of fused-ring (bicyclic) bond motifs is 1. The summed E-state index contributed by atoms with van der Waals surface area (Å²) in [5, 5.41) is 5.80. The van der Waals surface area contributed by atoms with E-state index < -0.39 is 5.54 Å². The van der Waals surface area contributed by atoms with Gasteiger partial charge < -0.3 is 20.0 Å². The van der Waals surface area contributed by atoms with Crippen molar-refractivity contribution in [2.24, 2.45) is 0 Å². The van der Waals surface area contributed by atoms with Gasteiger partial charge in [-0.2, -0.15) is 0 Å². The average molecular weight is 624 g/mol. The zero-order chi connectivity index (χ0) is 30.6. The van der Waals surface area contributed by atoms with Gasteiger partial charge in [0.2, 0.25) is 11.8 Å². The summed E-state index contributed by atoms with van der Waals surface area (Å²) in [6.45, 7) is 3.38. The predicted octanol–water partition coefficient (Wildman–Crippen LogP) is 5.99. The van der Waals surface area contributed by atoms with Crippen LogP contribution in [0.5, 0.6) is 0 Å². The second-order valence-electron chi connectivity index (χ2n) is 11.8. The number of benzene rings is 3. The Labute approximate surface area is 264 Å². The fourth-order valence-electron chi connectivity index (χ4n) is 6.76. The zero-order valence-corrected chi connectivity index (χ0v) is 26.5. The van der Waals surface area contributed by atoms with Gasteiger partial charge in [-0.05, 0) is 73.2 Å². The number of piperidine rings is 2. The molecule has 2 aliphatic rings. The van der Waals surface area contributed by atoms with Gasteiger partial charge in [-0.15, -0.1) is 0 Å². The second kappa shape index (κ2) is 13.7. The molecule has 228 valence electrons. The summed E-state index contributed by atoms with van der Waals surface area (Å²) in [6.07, 6.45) is 4.34. The summed E-state index contributed by atoms with van der Waals surface area (Å²) < 4.78 is 0. The first kappa shape index (κ1) is 31.3. The average Bonchev–Trinajstić information content (AvgIpc) is 3.03. The second-order valence-corrected chi connectivity index (χ2v) is 12.6. The van der Waals surface area contributed by atoms with Crippen LogP contribution in [0.25, 0.3) is 10.8 Å². The molecule has 1 N–H and O–H groups in total. The monoisotopic (exact) mass is 622 g/mol. The van der Waals surface area contributed by atoms with Gasteiger partial charge in [-0.3, -0.25) is 14.4 Å². The third-order valence-corrected chi connectivity index (χ3v) is 9.98. The first-order chi connectivity index (χ1) is 20.7. The van der Waals surface area contributed by atoms with Crippen molar-refractivity contribution in [3.8, 4) is 0 Å². The zero-order valence-electron chi connectivity index (χ0n) is 25.0. The van der Waals surface area contributed by atoms with Crippen molar-refractivity contribution < 1.29 is 14.4 Å². The normalized spacial score (nSPS) is 18.0. The number of amides is 3. The summed E-state index contributed by atoms with van der Waals surface area (Å²) in [7, 11) is 3.51.